The van der Waals surface area contributed by atoms with Crippen LogP contribution < -0.4 is 0 Å². The van der Waals surface area contributed by atoms with Crippen LogP contribution in [0.15, 0.2) is 0 Å². The Bertz CT molecular complexity index is 196. The third kappa shape index (κ3) is 2.74. The molecule has 0 rings (SSSR count). The van der Waals surface area contributed by atoms with Crippen molar-refractivity contribution < 1.29 is 17.6 Å². The van der Waals surface area contributed by atoms with Gasteiger partial charge in [-0.05, 0) is 31.9 Å². The molecule has 0 heterocycles. The Balaban J connectivity index is 5.30. The Kier molecular flexibility index (Phi) is 4.82. The average molecular weight is 426 g/mol. The van der Waals surface area contributed by atoms with Crippen LogP contribution in [-0.4, -0.2) is 18.3 Å². The summed E-state index contributed by atoms with van der Waals surface area (Å²) in [6.45, 7) is 0. The lowest BCUT2D eigenvalue weighted by Gasteiger charge is -2.36. The molecule has 0 nitrogen and oxygen atoms in total. The summed E-state index contributed by atoms with van der Waals surface area (Å²) in [5.41, 5.74) is 0. The summed E-state index contributed by atoms with van der Waals surface area (Å²) in [5, 5.41) is -4.15. The summed E-state index contributed by atoms with van der Waals surface area (Å²) in [7, 11) is 0. The van der Waals surface area contributed by atoms with Crippen molar-refractivity contribution in [2.24, 2.45) is 0 Å². The molecule has 14 heavy (non-hydrogen) atoms. The van der Waals surface area contributed by atoms with E-state index in [1.54, 1.807) is 0 Å². The monoisotopic (exact) mass is 422 g/mol. The van der Waals surface area contributed by atoms with Gasteiger partial charge in [0.25, 0.3) is 13.7 Å². The molecule has 0 radical (unpaired) electrons. The second-order valence-corrected chi connectivity index (χ2v) is 7.06. The third-order valence-corrected chi connectivity index (χ3v) is 5.23. The molecule has 0 amide bonds. The van der Waals surface area contributed by atoms with E-state index in [0.717, 1.165) is 0 Å². The number of hydrogen-bond acceptors (Lipinski definition) is 0. The number of halogens is 10. The summed E-state index contributed by atoms with van der Waals surface area (Å²) in [6.07, 6.45) is 0. The van der Waals surface area contributed by atoms with Crippen molar-refractivity contribution in [3.8, 4) is 0 Å². The summed E-state index contributed by atoms with van der Waals surface area (Å²) in [6, 6.07) is 0. The quantitative estimate of drug-likeness (QED) is 0.425. The van der Waals surface area contributed by atoms with E-state index in [1.165, 1.54) is 0 Å². The van der Waals surface area contributed by atoms with E-state index in [2.05, 4.69) is 23.2 Å². The first-order valence-corrected chi connectivity index (χ1v) is 5.74. The smallest absolute Gasteiger partial charge is 0.220 e. The van der Waals surface area contributed by atoms with Gasteiger partial charge in [-0.2, -0.15) is 0 Å². The maximum atomic E-state index is 13.3. The Morgan fingerprint density at radius 1 is 0.786 bits per heavy atom. The average Bonchev–Trinajstić information content (AvgIpc) is 1.81. The van der Waals surface area contributed by atoms with Crippen molar-refractivity contribution in [3.05, 3.63) is 0 Å². The van der Waals surface area contributed by atoms with E-state index in [9.17, 15) is 17.6 Å². The predicted molar refractivity (Wildman–Crippen MR) is 56.6 cm³/mol. The largest absolute Gasteiger partial charge is 0.309 e. The molecule has 0 aliphatic heterocycles. The van der Waals surface area contributed by atoms with Gasteiger partial charge in [-0.3, -0.25) is 0 Å². The summed E-state index contributed by atoms with van der Waals surface area (Å²) in [5.74, 6) is 0. The van der Waals surface area contributed by atoms with Crippen molar-refractivity contribution >= 4 is 78.3 Å². The van der Waals surface area contributed by atoms with Crippen molar-refractivity contribution in [2.75, 3.05) is 0 Å². The van der Waals surface area contributed by atoms with Crippen molar-refractivity contribution in [3.63, 3.8) is 0 Å². The Morgan fingerprint density at radius 2 is 1.07 bits per heavy atom. The molecular formula is C4Br2Cl4F4. The summed E-state index contributed by atoms with van der Waals surface area (Å²) >= 11 is 22.3. The maximum absolute atomic E-state index is 13.3. The SMILES string of the molecule is FC(Cl)(Cl)C(F)(Cl)C(F)(Br)C(F)(Cl)Br. The van der Waals surface area contributed by atoms with Gasteiger partial charge in [-0.25, -0.2) is 17.6 Å². The van der Waals surface area contributed by atoms with Crippen LogP contribution in [-0.2, 0) is 0 Å². The maximum Gasteiger partial charge on any atom is 0.309 e. The van der Waals surface area contributed by atoms with Crippen molar-refractivity contribution in [1.29, 1.82) is 0 Å². The van der Waals surface area contributed by atoms with Gasteiger partial charge in [-0.1, -0.05) is 46.4 Å². The van der Waals surface area contributed by atoms with E-state index in [-0.39, 0.29) is 0 Å². The van der Waals surface area contributed by atoms with Crippen LogP contribution in [0.1, 0.15) is 0 Å². The van der Waals surface area contributed by atoms with Gasteiger partial charge in [0.2, 0.25) is 0 Å². The molecule has 0 N–H and O–H groups in total. The molecule has 0 spiro atoms. The zero-order chi connectivity index (χ0) is 12.0. The van der Waals surface area contributed by atoms with Gasteiger partial charge in [0.05, 0.1) is 0 Å². The second-order valence-electron chi connectivity index (χ2n) is 2.14. The van der Waals surface area contributed by atoms with Crippen LogP contribution in [0.2, 0.25) is 0 Å². The molecular weight excluding hydrogens is 426 g/mol. The van der Waals surface area contributed by atoms with E-state index >= 15 is 0 Å². The molecule has 3 unspecified atom stereocenters. The lowest BCUT2D eigenvalue weighted by atomic mass is 10.2. The number of rotatable bonds is 3. The van der Waals surface area contributed by atoms with Crippen LogP contribution in [0, 0.1) is 0 Å². The highest BCUT2D eigenvalue weighted by atomic mass is 79.9. The van der Waals surface area contributed by atoms with Crippen LogP contribution in [0.4, 0.5) is 17.6 Å². The summed E-state index contributed by atoms with van der Waals surface area (Å²) in [4.78, 5) is 0. The third-order valence-electron chi connectivity index (χ3n) is 1.11. The number of hydrogen-bond donors (Lipinski definition) is 0. The molecule has 0 aliphatic rings. The van der Waals surface area contributed by atoms with Gasteiger partial charge >= 0.3 is 4.59 Å². The Hall–Kier alpha value is 1.84. The zero-order valence-corrected chi connectivity index (χ0v) is 12.0. The van der Waals surface area contributed by atoms with Crippen LogP contribution in [0.5, 0.6) is 0 Å². The van der Waals surface area contributed by atoms with E-state index < -0.39 is 18.3 Å². The topological polar surface area (TPSA) is 0 Å². The first kappa shape index (κ1) is 15.8. The van der Waals surface area contributed by atoms with Gasteiger partial charge in [-0.15, -0.1) is 0 Å². The first-order valence-electron chi connectivity index (χ1n) is 2.64. The molecule has 0 aliphatic carbocycles. The highest BCUT2D eigenvalue weighted by Gasteiger charge is 2.73. The van der Waals surface area contributed by atoms with Crippen molar-refractivity contribution in [2.45, 2.75) is 18.3 Å². The Morgan fingerprint density at radius 3 is 1.14 bits per heavy atom. The molecule has 0 bridgehead atoms. The highest BCUT2D eigenvalue weighted by Crippen LogP contribution is 2.60. The van der Waals surface area contributed by atoms with Crippen LogP contribution >= 0.6 is 78.3 Å². The van der Waals surface area contributed by atoms with Gasteiger partial charge < -0.3 is 0 Å². The number of alkyl halides is 10. The van der Waals surface area contributed by atoms with Crippen molar-refractivity contribution in [1.82, 2.24) is 0 Å². The molecule has 0 saturated carbocycles. The zero-order valence-electron chi connectivity index (χ0n) is 5.78. The van der Waals surface area contributed by atoms with E-state index in [0.29, 0.717) is 0 Å². The molecule has 0 aromatic carbocycles. The lowest BCUT2D eigenvalue weighted by molar-refractivity contribution is 0.0109. The fourth-order valence-electron chi connectivity index (χ4n) is 0.356. The van der Waals surface area contributed by atoms with E-state index in [1.807, 2.05) is 31.9 Å². The molecule has 3 atom stereocenters. The Labute approximate surface area is 113 Å². The van der Waals surface area contributed by atoms with Crippen LogP contribution in [0.3, 0.4) is 0 Å². The lowest BCUT2D eigenvalue weighted by Crippen LogP contribution is -2.55. The predicted octanol–water partition coefficient (Wildman–Crippen LogP) is 5.31. The fraction of sp³-hybridized carbons (Fsp3) is 1.00. The fourth-order valence-corrected chi connectivity index (χ4v) is 1.81. The summed E-state index contributed by atoms with van der Waals surface area (Å²) < 4.78 is 40.7. The minimum absolute atomic E-state index is 1.82. The molecule has 86 valence electrons. The van der Waals surface area contributed by atoms with Crippen LogP contribution in [0.25, 0.3) is 0 Å². The molecule has 0 fully saturated rings. The highest BCUT2D eigenvalue weighted by molar-refractivity contribution is 9.13. The van der Waals surface area contributed by atoms with Gasteiger partial charge in [0, 0.05) is 0 Å². The van der Waals surface area contributed by atoms with Gasteiger partial charge in [0.1, 0.15) is 0 Å². The van der Waals surface area contributed by atoms with Gasteiger partial charge in [0.15, 0.2) is 0 Å². The van der Waals surface area contributed by atoms with E-state index in [4.69, 9.17) is 23.2 Å². The molecule has 0 aromatic rings. The first-order chi connectivity index (χ1) is 5.75. The second kappa shape index (κ2) is 4.26. The molecule has 10 heteroatoms. The minimum atomic E-state index is -4.15. The molecule has 0 saturated heterocycles. The normalized spacial score (nSPS) is 26.1. The molecule has 0 aromatic heterocycles. The standard InChI is InChI=1S/C4Br2Cl4F4/c5-1(11,3(6,8)13)2(7,12)4(9,10)14. The minimum Gasteiger partial charge on any atom is -0.220 e.